The second kappa shape index (κ2) is 12.2. The molecule has 0 aromatic heterocycles. The van der Waals surface area contributed by atoms with Crippen LogP contribution in [0.2, 0.25) is 5.02 Å². The van der Waals surface area contributed by atoms with Gasteiger partial charge in [-0.2, -0.15) is 13.2 Å². The van der Waals surface area contributed by atoms with E-state index in [1.165, 1.54) is 29.2 Å². The van der Waals surface area contributed by atoms with Crippen molar-refractivity contribution in [2.75, 3.05) is 28.7 Å². The van der Waals surface area contributed by atoms with Crippen LogP contribution in [-0.2, 0) is 6.18 Å². The molecule has 0 bridgehead atoms. The van der Waals surface area contributed by atoms with E-state index in [9.17, 15) is 32.2 Å². The number of rotatable bonds is 6. The molecular formula is C31H29BClF5N4O2. The molecule has 3 aromatic rings. The van der Waals surface area contributed by atoms with Gasteiger partial charge in [-0.1, -0.05) is 44.3 Å². The minimum absolute atomic E-state index is 0.118. The molecule has 0 amide bonds. The van der Waals surface area contributed by atoms with E-state index >= 15 is 0 Å². The molecule has 6 nitrogen and oxygen atoms in total. The van der Waals surface area contributed by atoms with Gasteiger partial charge in [0.05, 0.1) is 23.0 Å². The van der Waals surface area contributed by atoms with Crippen LogP contribution in [0.15, 0.2) is 68.0 Å². The van der Waals surface area contributed by atoms with Crippen molar-refractivity contribution in [3.63, 3.8) is 0 Å². The van der Waals surface area contributed by atoms with Gasteiger partial charge < -0.3 is 25.7 Å². The Labute approximate surface area is 258 Å². The average Bonchev–Trinajstić information content (AvgIpc) is 3.43. The van der Waals surface area contributed by atoms with Crippen LogP contribution in [0.1, 0.15) is 47.2 Å². The minimum atomic E-state index is -4.51. The number of nitrogens with zero attached hydrogens (tertiary/aromatic N) is 2. The molecule has 0 saturated carbocycles. The van der Waals surface area contributed by atoms with Crippen molar-refractivity contribution in [1.82, 2.24) is 5.32 Å². The van der Waals surface area contributed by atoms with Gasteiger partial charge in [0.15, 0.2) is 13.7 Å². The zero-order valence-electron chi connectivity index (χ0n) is 23.9. The van der Waals surface area contributed by atoms with Gasteiger partial charge in [-0.15, -0.1) is 0 Å². The summed E-state index contributed by atoms with van der Waals surface area (Å²) in [5, 5.41) is 27.6. The molecule has 230 valence electrons. The van der Waals surface area contributed by atoms with Crippen LogP contribution in [0.25, 0.3) is 11.8 Å². The summed E-state index contributed by atoms with van der Waals surface area (Å²) in [4.78, 5) is 3.05. The summed E-state index contributed by atoms with van der Waals surface area (Å²) in [6.07, 6.45) is -2.55. The second-order valence-corrected chi connectivity index (χ2v) is 10.5. The minimum Gasteiger partial charge on any atom is -0.388 e. The SMILES string of the molecule is C=Cc1cc(F)cc(C(F)(F)F)c1.[B]C(O)(O)N1C(=C)N(CCC)c2cc(NC)c3c(c21)C(=C)NC3c1cc(F)ccc1Cl. The molecule has 2 aliphatic rings. The van der Waals surface area contributed by atoms with Crippen molar-refractivity contribution < 1.29 is 32.2 Å². The molecule has 1 atom stereocenters. The number of benzene rings is 3. The van der Waals surface area contributed by atoms with E-state index in [1.807, 2.05) is 17.9 Å². The van der Waals surface area contributed by atoms with Crippen molar-refractivity contribution in [2.45, 2.75) is 31.4 Å². The van der Waals surface area contributed by atoms with E-state index in [4.69, 9.17) is 19.4 Å². The van der Waals surface area contributed by atoms with Gasteiger partial charge in [0.1, 0.15) is 17.5 Å². The van der Waals surface area contributed by atoms with Gasteiger partial charge in [0.25, 0.3) is 0 Å². The molecule has 5 rings (SSSR count). The predicted molar refractivity (Wildman–Crippen MR) is 165 cm³/mol. The number of fused-ring (bicyclic) bond motifs is 3. The summed E-state index contributed by atoms with van der Waals surface area (Å²) in [5.41, 5.74) is 3.50. The number of alkyl halides is 3. The average molecular weight is 631 g/mol. The second-order valence-electron chi connectivity index (χ2n) is 10.1. The number of hydrogen-bond donors (Lipinski definition) is 4. The van der Waals surface area contributed by atoms with E-state index in [1.54, 1.807) is 7.05 Å². The third-order valence-electron chi connectivity index (χ3n) is 7.11. The highest BCUT2D eigenvalue weighted by atomic mass is 35.5. The molecule has 13 heteroatoms. The van der Waals surface area contributed by atoms with Crippen molar-refractivity contribution in [2.24, 2.45) is 0 Å². The van der Waals surface area contributed by atoms with Crippen LogP contribution in [-0.4, -0.2) is 37.5 Å². The van der Waals surface area contributed by atoms with Crippen LogP contribution in [0.5, 0.6) is 0 Å². The van der Waals surface area contributed by atoms with Crippen molar-refractivity contribution in [3.8, 4) is 0 Å². The standard InChI is InChI=1S/C22H23BClFN4O2.C9H6F4/c1-5-8-28-12(3)29(22(23,30)31)21-17(28)10-16(26-4)19-18(21)11(2)27-20(19)14-9-13(25)6-7-15(14)24;1-2-6-3-7(9(11,12)13)5-8(10)4-6/h6-7,9-10,20,26-27,30-31H,2-3,5,8H2,1,4H3;2-5H,1H2. The number of anilines is 3. The zero-order chi connectivity index (χ0) is 32.7. The molecule has 3 aromatic carbocycles. The van der Waals surface area contributed by atoms with Crippen LogP contribution >= 0.6 is 11.6 Å². The molecule has 0 aliphatic carbocycles. The third kappa shape index (κ3) is 6.15. The lowest BCUT2D eigenvalue weighted by Gasteiger charge is -2.34. The molecule has 2 radical (unpaired) electrons. The maximum Gasteiger partial charge on any atom is 0.416 e. The van der Waals surface area contributed by atoms with E-state index in [0.29, 0.717) is 51.7 Å². The van der Waals surface area contributed by atoms with E-state index in [0.717, 1.165) is 29.8 Å². The normalized spacial score (nSPS) is 15.8. The smallest absolute Gasteiger partial charge is 0.388 e. The summed E-state index contributed by atoms with van der Waals surface area (Å²) in [6.45, 7) is 14.0. The quantitative estimate of drug-likeness (QED) is 0.134. The zero-order valence-corrected chi connectivity index (χ0v) is 24.6. The summed E-state index contributed by atoms with van der Waals surface area (Å²) in [5.74, 6) is -3.68. The first-order chi connectivity index (χ1) is 20.5. The molecular weight excluding hydrogens is 602 g/mol. The summed E-state index contributed by atoms with van der Waals surface area (Å²) >= 11 is 6.40. The molecule has 4 N–H and O–H groups in total. The Morgan fingerprint density at radius 2 is 1.77 bits per heavy atom. The lowest BCUT2D eigenvalue weighted by atomic mass is 9.92. The third-order valence-corrected chi connectivity index (χ3v) is 7.46. The topological polar surface area (TPSA) is 71.0 Å². The van der Waals surface area contributed by atoms with E-state index < -0.39 is 35.2 Å². The van der Waals surface area contributed by atoms with Crippen LogP contribution < -0.4 is 20.4 Å². The largest absolute Gasteiger partial charge is 0.416 e. The maximum absolute atomic E-state index is 14.0. The summed E-state index contributed by atoms with van der Waals surface area (Å²) in [6, 6.07) is 7.85. The molecule has 2 aliphatic heterocycles. The Hall–Kier alpha value is -4.00. The lowest BCUT2D eigenvalue weighted by Crippen LogP contribution is -2.49. The highest BCUT2D eigenvalue weighted by Gasteiger charge is 2.45. The van der Waals surface area contributed by atoms with Crippen LogP contribution in [0.3, 0.4) is 0 Å². The summed E-state index contributed by atoms with van der Waals surface area (Å²) < 4.78 is 62.9. The first kappa shape index (κ1) is 32.9. The fourth-order valence-electron chi connectivity index (χ4n) is 5.32. The van der Waals surface area contributed by atoms with Crippen molar-refractivity contribution >= 4 is 48.3 Å². The molecule has 0 saturated heterocycles. The van der Waals surface area contributed by atoms with Gasteiger partial charge in [-0.3, -0.25) is 4.90 Å². The van der Waals surface area contributed by atoms with Gasteiger partial charge in [-0.05, 0) is 54.4 Å². The fraction of sp³-hybridized carbons (Fsp3) is 0.226. The van der Waals surface area contributed by atoms with Crippen molar-refractivity contribution in [1.29, 1.82) is 0 Å². The number of nitrogens with one attached hydrogen (secondary N) is 2. The van der Waals surface area contributed by atoms with Gasteiger partial charge in [-0.25, -0.2) is 8.78 Å². The highest BCUT2D eigenvalue weighted by Crippen LogP contribution is 2.55. The Kier molecular flexibility index (Phi) is 9.11. The Morgan fingerprint density at radius 3 is 2.34 bits per heavy atom. The predicted octanol–water partition coefficient (Wildman–Crippen LogP) is 6.94. The van der Waals surface area contributed by atoms with Crippen LogP contribution in [0.4, 0.5) is 39.0 Å². The first-order valence-corrected chi connectivity index (χ1v) is 13.7. The first-order valence-electron chi connectivity index (χ1n) is 13.3. The lowest BCUT2D eigenvalue weighted by molar-refractivity contribution is -0.137. The van der Waals surface area contributed by atoms with Crippen LogP contribution in [0, 0.1) is 11.6 Å². The maximum atomic E-state index is 14.0. The fourth-order valence-corrected chi connectivity index (χ4v) is 5.54. The van der Waals surface area contributed by atoms with Gasteiger partial charge in [0.2, 0.25) is 0 Å². The number of halogens is 6. The van der Waals surface area contributed by atoms with Gasteiger partial charge in [0, 0.05) is 46.7 Å². The Bertz CT molecular complexity index is 1640. The number of aliphatic hydroxyl groups is 2. The molecule has 0 fully saturated rings. The summed E-state index contributed by atoms with van der Waals surface area (Å²) in [7, 11) is 7.50. The number of hydrogen-bond acceptors (Lipinski definition) is 6. The van der Waals surface area contributed by atoms with Crippen molar-refractivity contribution in [3.05, 3.63) is 112 Å². The van der Waals surface area contributed by atoms with E-state index in [-0.39, 0.29) is 5.56 Å². The van der Waals surface area contributed by atoms with E-state index in [2.05, 4.69) is 30.4 Å². The van der Waals surface area contributed by atoms with Gasteiger partial charge >= 0.3 is 6.18 Å². The Balaban J connectivity index is 0.000000285. The monoisotopic (exact) mass is 630 g/mol. The molecule has 0 spiro atoms. The molecule has 2 heterocycles. The highest BCUT2D eigenvalue weighted by molar-refractivity contribution is 6.31. The Morgan fingerprint density at radius 1 is 1.09 bits per heavy atom. The molecule has 1 unspecified atom stereocenters. The molecule has 44 heavy (non-hydrogen) atoms.